The molecule has 17 heavy (non-hydrogen) atoms. The zero-order chi connectivity index (χ0) is 12.7. The highest BCUT2D eigenvalue weighted by atomic mass is 32.1. The molecule has 0 unspecified atom stereocenters. The van der Waals surface area contributed by atoms with Crippen LogP contribution < -0.4 is 5.32 Å². The second-order valence-electron chi connectivity index (χ2n) is 3.58. The van der Waals surface area contributed by atoms with Gasteiger partial charge < -0.3 is 9.69 Å². The van der Waals surface area contributed by atoms with Gasteiger partial charge in [0.05, 0.1) is 6.54 Å². The van der Waals surface area contributed by atoms with Gasteiger partial charge in [-0.05, 0) is 6.42 Å². The van der Waals surface area contributed by atoms with Crippen molar-refractivity contribution in [3.63, 3.8) is 0 Å². The normalized spacial score (nSPS) is 10.0. The number of aryl methyl sites for hydroxylation is 1. The van der Waals surface area contributed by atoms with E-state index in [2.05, 4.69) is 22.4 Å². The van der Waals surface area contributed by atoms with E-state index in [0.717, 1.165) is 24.3 Å². The molecule has 0 aliphatic rings. The largest absolute Gasteiger partial charge is 0.323 e. The summed E-state index contributed by atoms with van der Waals surface area (Å²) in [4.78, 5) is 23.0. The Bertz CT molecular complexity index is 380. The molecule has 94 valence electrons. The van der Waals surface area contributed by atoms with Gasteiger partial charge in [0.1, 0.15) is 11.3 Å². The third-order valence-electron chi connectivity index (χ3n) is 2.12. The number of likely N-dealkylation sites (N-methyl/N-ethyl adjacent to an activating group) is 1. The molecular weight excluding hydrogens is 240 g/mol. The zero-order valence-corrected chi connectivity index (χ0v) is 10.8. The number of hydrogen-bond donors (Lipinski definition) is 1. The Morgan fingerprint density at radius 3 is 2.94 bits per heavy atom. The number of nitrogens with zero attached hydrogens (tertiary/aromatic N) is 3. The number of aromatic nitrogens is 2. The lowest BCUT2D eigenvalue weighted by Crippen LogP contribution is -2.32. The molecule has 7 heteroatoms. The summed E-state index contributed by atoms with van der Waals surface area (Å²) < 4.78 is 0. The average Bonchev–Trinajstić information content (AvgIpc) is 2.74. The Balaban J connectivity index is 2.48. The predicted octanol–water partition coefficient (Wildman–Crippen LogP) is 1.54. The van der Waals surface area contributed by atoms with E-state index in [1.807, 2.05) is 0 Å². The van der Waals surface area contributed by atoms with Crippen LogP contribution in [0.2, 0.25) is 0 Å². The Kier molecular flexibility index (Phi) is 5.55. The molecule has 0 aliphatic carbocycles. The van der Waals surface area contributed by atoms with Crippen LogP contribution in [0.15, 0.2) is 0 Å². The van der Waals surface area contributed by atoms with Crippen molar-refractivity contribution in [2.24, 2.45) is 0 Å². The number of nitrogens with one attached hydrogen (secondary N) is 1. The van der Waals surface area contributed by atoms with E-state index in [-0.39, 0.29) is 12.6 Å². The first-order chi connectivity index (χ1) is 8.17. The fourth-order valence-corrected chi connectivity index (χ4v) is 1.89. The number of carbonyl (C=O) groups is 2. The van der Waals surface area contributed by atoms with Crippen LogP contribution >= 0.6 is 11.3 Å². The molecule has 1 N–H and O–H groups in total. The minimum absolute atomic E-state index is 0.0628. The number of anilines is 1. The quantitative estimate of drug-likeness (QED) is 0.783. The summed E-state index contributed by atoms with van der Waals surface area (Å²) in [6.45, 7) is 2.17. The van der Waals surface area contributed by atoms with Gasteiger partial charge in [-0.1, -0.05) is 24.7 Å². The number of urea groups is 1. The standard InChI is InChI=1S/C10H16N4O2S/c1-3-4-5-8-12-13-9(17-8)11-10(16)14(2)6-7-15/h7H,3-6H2,1-2H3,(H,11,13,16). The number of unbranched alkanes of at least 4 members (excludes halogenated alkanes) is 1. The van der Waals surface area contributed by atoms with Crippen LogP contribution in [0.3, 0.4) is 0 Å². The third kappa shape index (κ3) is 4.48. The maximum absolute atomic E-state index is 11.5. The number of amides is 2. The molecular formula is C10H16N4O2S. The molecule has 0 saturated heterocycles. The van der Waals surface area contributed by atoms with E-state index < -0.39 is 0 Å². The maximum Gasteiger partial charge on any atom is 0.323 e. The minimum Gasteiger partial charge on any atom is -0.321 e. The molecule has 1 aromatic rings. The molecule has 2 amide bonds. The molecule has 0 radical (unpaired) electrons. The fourth-order valence-electron chi connectivity index (χ4n) is 1.11. The monoisotopic (exact) mass is 256 g/mol. The molecule has 0 bridgehead atoms. The lowest BCUT2D eigenvalue weighted by atomic mass is 10.3. The highest BCUT2D eigenvalue weighted by Crippen LogP contribution is 2.17. The van der Waals surface area contributed by atoms with Crippen molar-refractivity contribution >= 4 is 28.8 Å². The molecule has 1 rings (SSSR count). The molecule has 1 heterocycles. The molecule has 0 atom stereocenters. The smallest absolute Gasteiger partial charge is 0.321 e. The van der Waals surface area contributed by atoms with Gasteiger partial charge in [-0.25, -0.2) is 4.79 Å². The molecule has 0 fully saturated rings. The van der Waals surface area contributed by atoms with E-state index in [4.69, 9.17) is 0 Å². The van der Waals surface area contributed by atoms with Crippen LogP contribution in [0.4, 0.5) is 9.93 Å². The summed E-state index contributed by atoms with van der Waals surface area (Å²) >= 11 is 1.37. The summed E-state index contributed by atoms with van der Waals surface area (Å²) in [5, 5.41) is 11.8. The first-order valence-corrected chi connectivity index (χ1v) is 6.27. The molecule has 1 aromatic heterocycles. The number of rotatable bonds is 6. The summed E-state index contributed by atoms with van der Waals surface area (Å²) in [5.74, 6) is 0. The lowest BCUT2D eigenvalue weighted by molar-refractivity contribution is -0.108. The van der Waals surface area contributed by atoms with Gasteiger partial charge in [-0.3, -0.25) is 5.32 Å². The fraction of sp³-hybridized carbons (Fsp3) is 0.600. The second-order valence-corrected chi connectivity index (χ2v) is 4.64. The van der Waals surface area contributed by atoms with Gasteiger partial charge in [0, 0.05) is 13.5 Å². The molecule has 0 aliphatic heterocycles. The van der Waals surface area contributed by atoms with Crippen molar-refractivity contribution in [2.75, 3.05) is 18.9 Å². The van der Waals surface area contributed by atoms with E-state index in [1.54, 1.807) is 7.05 Å². The van der Waals surface area contributed by atoms with Gasteiger partial charge in [0.25, 0.3) is 0 Å². The topological polar surface area (TPSA) is 75.2 Å². The highest BCUT2D eigenvalue weighted by molar-refractivity contribution is 7.15. The average molecular weight is 256 g/mol. The maximum atomic E-state index is 11.5. The Labute approximate surface area is 104 Å². The van der Waals surface area contributed by atoms with E-state index in [1.165, 1.54) is 16.2 Å². The van der Waals surface area contributed by atoms with E-state index in [0.29, 0.717) is 11.4 Å². The van der Waals surface area contributed by atoms with Crippen molar-refractivity contribution in [1.82, 2.24) is 15.1 Å². The first kappa shape index (κ1) is 13.6. The Hall–Kier alpha value is -1.50. The van der Waals surface area contributed by atoms with Crippen molar-refractivity contribution in [3.8, 4) is 0 Å². The van der Waals surface area contributed by atoms with Gasteiger partial charge in [0.15, 0.2) is 0 Å². The van der Waals surface area contributed by atoms with Crippen LogP contribution in [0.5, 0.6) is 0 Å². The lowest BCUT2D eigenvalue weighted by Gasteiger charge is -2.12. The van der Waals surface area contributed by atoms with Crippen molar-refractivity contribution < 1.29 is 9.59 Å². The number of carbonyl (C=O) groups excluding carboxylic acids is 2. The van der Waals surface area contributed by atoms with Crippen molar-refractivity contribution in [3.05, 3.63) is 5.01 Å². The summed E-state index contributed by atoms with van der Waals surface area (Å²) in [7, 11) is 1.54. The molecule has 0 spiro atoms. The zero-order valence-electron chi connectivity index (χ0n) is 9.97. The Morgan fingerprint density at radius 1 is 1.53 bits per heavy atom. The predicted molar refractivity (Wildman–Crippen MR) is 66.2 cm³/mol. The van der Waals surface area contributed by atoms with Crippen molar-refractivity contribution in [1.29, 1.82) is 0 Å². The molecule has 0 aromatic carbocycles. The van der Waals surface area contributed by atoms with Crippen LogP contribution in [0.1, 0.15) is 24.8 Å². The Morgan fingerprint density at radius 2 is 2.29 bits per heavy atom. The van der Waals surface area contributed by atoms with E-state index in [9.17, 15) is 9.59 Å². The summed E-state index contributed by atoms with van der Waals surface area (Å²) in [5.41, 5.74) is 0. The third-order valence-corrected chi connectivity index (χ3v) is 3.02. The molecule has 0 saturated carbocycles. The van der Waals surface area contributed by atoms with Gasteiger partial charge >= 0.3 is 6.03 Å². The van der Waals surface area contributed by atoms with Crippen LogP contribution in [-0.4, -0.2) is 41.0 Å². The summed E-state index contributed by atoms with van der Waals surface area (Å²) in [6, 6.07) is -0.352. The van der Waals surface area contributed by atoms with E-state index >= 15 is 0 Å². The number of hydrogen-bond acceptors (Lipinski definition) is 5. The minimum atomic E-state index is -0.352. The van der Waals surface area contributed by atoms with Gasteiger partial charge in [0.2, 0.25) is 5.13 Å². The summed E-state index contributed by atoms with van der Waals surface area (Å²) in [6.07, 6.45) is 3.72. The van der Waals surface area contributed by atoms with Crippen LogP contribution in [0.25, 0.3) is 0 Å². The van der Waals surface area contributed by atoms with Gasteiger partial charge in [-0.2, -0.15) is 0 Å². The second kappa shape index (κ2) is 6.95. The highest BCUT2D eigenvalue weighted by Gasteiger charge is 2.11. The molecule has 6 nitrogen and oxygen atoms in total. The van der Waals surface area contributed by atoms with Crippen LogP contribution in [0, 0.1) is 0 Å². The SMILES string of the molecule is CCCCc1nnc(NC(=O)N(C)CC=O)s1. The number of aldehydes is 1. The first-order valence-electron chi connectivity index (χ1n) is 5.45. The van der Waals surface area contributed by atoms with Crippen molar-refractivity contribution in [2.45, 2.75) is 26.2 Å². The van der Waals surface area contributed by atoms with Crippen LogP contribution in [-0.2, 0) is 11.2 Å². The van der Waals surface area contributed by atoms with Gasteiger partial charge in [-0.15, -0.1) is 10.2 Å².